The summed E-state index contributed by atoms with van der Waals surface area (Å²) in [7, 11) is -3.62. The third-order valence-electron chi connectivity index (χ3n) is 3.69. The minimum Gasteiger partial charge on any atom is -0.452 e. The molecule has 0 saturated carbocycles. The molecule has 2 N–H and O–H groups in total. The number of hydrogen-bond donors (Lipinski definition) is 2. The smallest absolute Gasteiger partial charge is 0.307 e. The maximum Gasteiger partial charge on any atom is 0.307 e. The van der Waals surface area contributed by atoms with E-state index < -0.39 is 28.0 Å². The highest BCUT2D eigenvalue weighted by Crippen LogP contribution is 2.15. The Morgan fingerprint density at radius 3 is 2.48 bits per heavy atom. The Labute approximate surface area is 162 Å². The molecule has 27 heavy (non-hydrogen) atoms. The molecule has 0 fully saturated rings. The summed E-state index contributed by atoms with van der Waals surface area (Å²) in [4.78, 5) is 23.9. The summed E-state index contributed by atoms with van der Waals surface area (Å²) in [6.07, 6.45) is -0.261. The quantitative estimate of drug-likeness (QED) is 0.619. The van der Waals surface area contributed by atoms with E-state index in [1.54, 1.807) is 23.6 Å². The van der Waals surface area contributed by atoms with Gasteiger partial charge in [-0.3, -0.25) is 9.59 Å². The van der Waals surface area contributed by atoms with Gasteiger partial charge in [0.2, 0.25) is 10.0 Å². The van der Waals surface area contributed by atoms with Gasteiger partial charge in [0.25, 0.3) is 5.91 Å². The molecular formula is C18H22N2O5S2. The van der Waals surface area contributed by atoms with Gasteiger partial charge in [-0.05, 0) is 42.5 Å². The lowest BCUT2D eigenvalue weighted by atomic mass is 10.1. The topological polar surface area (TPSA) is 102 Å². The van der Waals surface area contributed by atoms with Crippen LogP contribution in [-0.4, -0.2) is 32.9 Å². The number of carbonyl (C=O) groups excluding carboxylic acids is 2. The zero-order chi connectivity index (χ0) is 19.9. The Hall–Kier alpha value is -2.23. The monoisotopic (exact) mass is 410 g/mol. The number of aryl methyl sites for hydroxylation is 1. The van der Waals surface area contributed by atoms with E-state index in [9.17, 15) is 18.0 Å². The van der Waals surface area contributed by atoms with Crippen LogP contribution in [-0.2, 0) is 30.8 Å². The van der Waals surface area contributed by atoms with Crippen LogP contribution in [0.25, 0.3) is 0 Å². The molecular weight excluding hydrogens is 388 g/mol. The third-order valence-corrected chi connectivity index (χ3v) is 6.55. The number of anilines is 1. The van der Waals surface area contributed by atoms with Crippen molar-refractivity contribution in [1.82, 2.24) is 4.72 Å². The van der Waals surface area contributed by atoms with E-state index in [2.05, 4.69) is 10.0 Å². The molecule has 9 heteroatoms. The normalized spacial score (nSPS) is 12.4. The van der Waals surface area contributed by atoms with E-state index in [-0.39, 0.29) is 17.2 Å². The Kier molecular flexibility index (Phi) is 7.52. The molecule has 1 aromatic carbocycles. The van der Waals surface area contributed by atoms with Crippen LogP contribution in [0.15, 0.2) is 46.0 Å². The van der Waals surface area contributed by atoms with Gasteiger partial charge in [-0.2, -0.15) is 0 Å². The summed E-state index contributed by atoms with van der Waals surface area (Å²) >= 11 is 1.09. The van der Waals surface area contributed by atoms with Crippen molar-refractivity contribution in [1.29, 1.82) is 0 Å². The van der Waals surface area contributed by atoms with Crippen molar-refractivity contribution in [3.05, 3.63) is 47.3 Å². The van der Waals surface area contributed by atoms with Gasteiger partial charge in [-0.15, -0.1) is 11.3 Å². The number of hydrogen-bond acceptors (Lipinski definition) is 6. The number of nitrogens with one attached hydrogen (secondary N) is 2. The number of thiophene rings is 1. The standard InChI is InChI=1S/C18H22N2O5S2/c1-3-14-6-8-15(9-7-14)20-18(22)13(2)25-16(21)10-11-19-27(23,24)17-5-4-12-26-17/h4-9,12-13,19H,3,10-11H2,1-2H3,(H,20,22)/t13-/m0/s1. The molecule has 1 heterocycles. The van der Waals surface area contributed by atoms with Crippen LogP contribution in [0.5, 0.6) is 0 Å². The summed E-state index contributed by atoms with van der Waals surface area (Å²) in [5.74, 6) is -1.11. The Bertz CT molecular complexity index is 862. The van der Waals surface area contributed by atoms with Gasteiger partial charge in [0.05, 0.1) is 6.42 Å². The Morgan fingerprint density at radius 2 is 1.89 bits per heavy atom. The highest BCUT2D eigenvalue weighted by molar-refractivity contribution is 7.91. The fourth-order valence-electron chi connectivity index (χ4n) is 2.15. The average Bonchev–Trinajstić information content (AvgIpc) is 3.17. The zero-order valence-electron chi connectivity index (χ0n) is 15.1. The fourth-order valence-corrected chi connectivity index (χ4v) is 4.22. The summed E-state index contributed by atoms with van der Waals surface area (Å²) in [6.45, 7) is 3.39. The van der Waals surface area contributed by atoms with Crippen LogP contribution >= 0.6 is 11.3 Å². The van der Waals surface area contributed by atoms with Crippen LogP contribution in [0.4, 0.5) is 5.69 Å². The molecule has 0 spiro atoms. The predicted molar refractivity (Wildman–Crippen MR) is 104 cm³/mol. The van der Waals surface area contributed by atoms with Crippen LogP contribution in [0.2, 0.25) is 0 Å². The van der Waals surface area contributed by atoms with E-state index in [1.807, 2.05) is 19.1 Å². The molecule has 0 aliphatic heterocycles. The molecule has 2 aromatic rings. The minimum atomic E-state index is -3.62. The van der Waals surface area contributed by atoms with Crippen LogP contribution in [0.3, 0.4) is 0 Å². The second kappa shape index (κ2) is 9.63. The summed E-state index contributed by atoms with van der Waals surface area (Å²) in [6, 6.07) is 10.5. The van der Waals surface area contributed by atoms with Gasteiger partial charge in [0, 0.05) is 12.2 Å². The maximum atomic E-state index is 12.1. The number of carbonyl (C=O) groups is 2. The van der Waals surface area contributed by atoms with Gasteiger partial charge in [-0.1, -0.05) is 25.1 Å². The molecule has 0 aliphatic carbocycles. The molecule has 1 aromatic heterocycles. The molecule has 0 saturated heterocycles. The highest BCUT2D eigenvalue weighted by Gasteiger charge is 2.19. The largest absolute Gasteiger partial charge is 0.452 e. The summed E-state index contributed by atoms with van der Waals surface area (Å²) in [5.41, 5.74) is 1.77. The van der Waals surface area contributed by atoms with E-state index in [0.717, 1.165) is 23.3 Å². The Morgan fingerprint density at radius 1 is 1.19 bits per heavy atom. The molecule has 1 amide bonds. The number of ether oxygens (including phenoxy) is 1. The number of benzene rings is 1. The second-order valence-electron chi connectivity index (χ2n) is 5.75. The molecule has 0 aliphatic rings. The number of amides is 1. The van der Waals surface area contributed by atoms with E-state index in [0.29, 0.717) is 5.69 Å². The van der Waals surface area contributed by atoms with Gasteiger partial charge >= 0.3 is 5.97 Å². The first kappa shape index (κ1) is 21.1. The van der Waals surface area contributed by atoms with Crippen molar-refractivity contribution < 1.29 is 22.7 Å². The maximum absolute atomic E-state index is 12.1. The van der Waals surface area contributed by atoms with Crippen molar-refractivity contribution in [3.63, 3.8) is 0 Å². The van der Waals surface area contributed by atoms with Gasteiger partial charge in [0.1, 0.15) is 4.21 Å². The van der Waals surface area contributed by atoms with Crippen LogP contribution < -0.4 is 10.0 Å². The third kappa shape index (κ3) is 6.46. The van der Waals surface area contributed by atoms with Crippen molar-refractivity contribution in [2.24, 2.45) is 0 Å². The van der Waals surface area contributed by atoms with Crippen molar-refractivity contribution in [2.75, 3.05) is 11.9 Å². The molecule has 0 bridgehead atoms. The van der Waals surface area contributed by atoms with Gasteiger partial charge in [-0.25, -0.2) is 13.1 Å². The SMILES string of the molecule is CCc1ccc(NC(=O)[C@H](C)OC(=O)CCNS(=O)(=O)c2cccs2)cc1. The van der Waals surface area contributed by atoms with Crippen LogP contribution in [0.1, 0.15) is 25.8 Å². The summed E-state index contributed by atoms with van der Waals surface area (Å²) < 4.78 is 31.4. The number of esters is 1. The lowest BCUT2D eigenvalue weighted by Gasteiger charge is -2.14. The molecule has 0 unspecified atom stereocenters. The van der Waals surface area contributed by atoms with Crippen molar-refractivity contribution in [2.45, 2.75) is 37.0 Å². The number of rotatable bonds is 9. The highest BCUT2D eigenvalue weighted by atomic mass is 32.2. The Balaban J connectivity index is 1.76. The second-order valence-corrected chi connectivity index (χ2v) is 8.69. The number of sulfonamides is 1. The minimum absolute atomic E-state index is 0.105. The van der Waals surface area contributed by atoms with Crippen LogP contribution in [0, 0.1) is 0 Å². The van der Waals surface area contributed by atoms with E-state index in [1.165, 1.54) is 13.0 Å². The zero-order valence-corrected chi connectivity index (χ0v) is 16.7. The molecule has 1 atom stereocenters. The fraction of sp³-hybridized carbons (Fsp3) is 0.333. The average molecular weight is 411 g/mol. The lowest BCUT2D eigenvalue weighted by molar-refractivity contribution is -0.152. The predicted octanol–water partition coefficient (Wildman–Crippen LogP) is 2.55. The van der Waals surface area contributed by atoms with Gasteiger partial charge < -0.3 is 10.1 Å². The van der Waals surface area contributed by atoms with E-state index >= 15 is 0 Å². The molecule has 7 nitrogen and oxygen atoms in total. The van der Waals surface area contributed by atoms with Crippen molar-refractivity contribution in [3.8, 4) is 0 Å². The van der Waals surface area contributed by atoms with E-state index in [4.69, 9.17) is 4.74 Å². The molecule has 146 valence electrons. The molecule has 0 radical (unpaired) electrons. The first-order valence-corrected chi connectivity index (χ1v) is 10.8. The summed E-state index contributed by atoms with van der Waals surface area (Å²) in [5, 5.41) is 4.32. The lowest BCUT2D eigenvalue weighted by Crippen LogP contribution is -2.32. The first-order valence-electron chi connectivity index (χ1n) is 8.44. The van der Waals surface area contributed by atoms with Crippen molar-refractivity contribution >= 4 is 38.9 Å². The van der Waals surface area contributed by atoms with Gasteiger partial charge in [0.15, 0.2) is 6.10 Å². The molecule has 2 rings (SSSR count). The first-order chi connectivity index (χ1) is 12.8.